The van der Waals surface area contributed by atoms with Gasteiger partial charge in [0.05, 0.1) is 24.3 Å². The first-order chi connectivity index (χ1) is 13.2. The molecule has 0 atom stereocenters. The molecule has 5 heteroatoms. The van der Waals surface area contributed by atoms with Gasteiger partial charge in [-0.2, -0.15) is 5.10 Å². The number of hydrogen-bond acceptors (Lipinski definition) is 3. The van der Waals surface area contributed by atoms with Crippen LogP contribution in [0.4, 0.5) is 0 Å². The maximum Gasteiger partial charge on any atom is 0.252 e. The van der Waals surface area contributed by atoms with Crippen LogP contribution >= 0.6 is 11.6 Å². The van der Waals surface area contributed by atoms with Crippen LogP contribution in [0, 0.1) is 0 Å². The van der Waals surface area contributed by atoms with Gasteiger partial charge in [0.1, 0.15) is 5.75 Å². The second-order valence-corrected chi connectivity index (χ2v) is 6.29. The quantitative estimate of drug-likeness (QED) is 0.502. The van der Waals surface area contributed by atoms with Gasteiger partial charge in [0.25, 0.3) is 5.91 Å². The Morgan fingerprint density at radius 3 is 2.11 bits per heavy atom. The minimum absolute atomic E-state index is 0.205. The third-order valence-corrected chi connectivity index (χ3v) is 4.39. The first-order valence-corrected chi connectivity index (χ1v) is 8.83. The zero-order chi connectivity index (χ0) is 19.1. The predicted molar refractivity (Wildman–Crippen MR) is 108 cm³/mol. The molecule has 3 rings (SSSR count). The van der Waals surface area contributed by atoms with Gasteiger partial charge < -0.3 is 4.74 Å². The molecule has 0 aromatic heterocycles. The molecule has 0 fully saturated rings. The van der Waals surface area contributed by atoms with Crippen LogP contribution in [0.25, 0.3) is 0 Å². The van der Waals surface area contributed by atoms with E-state index in [4.69, 9.17) is 16.3 Å². The molecule has 136 valence electrons. The molecule has 27 heavy (non-hydrogen) atoms. The Hall–Kier alpha value is -3.11. The minimum Gasteiger partial charge on any atom is -0.495 e. The number of ether oxygens (including phenoxy) is 1. The Morgan fingerprint density at radius 2 is 1.59 bits per heavy atom. The van der Waals surface area contributed by atoms with Crippen molar-refractivity contribution < 1.29 is 9.53 Å². The average molecular weight is 379 g/mol. The summed E-state index contributed by atoms with van der Waals surface area (Å²) in [6, 6.07) is 24.5. The number of amides is 1. The molecule has 0 heterocycles. The van der Waals surface area contributed by atoms with E-state index in [1.54, 1.807) is 25.5 Å². The number of hydrazone groups is 1. The molecule has 0 spiro atoms. The van der Waals surface area contributed by atoms with Crippen molar-refractivity contribution in [3.05, 3.63) is 101 Å². The smallest absolute Gasteiger partial charge is 0.252 e. The molecule has 0 aliphatic rings. The number of halogens is 1. The highest BCUT2D eigenvalue weighted by Crippen LogP contribution is 2.25. The number of methoxy groups -OCH3 is 1. The highest BCUT2D eigenvalue weighted by atomic mass is 35.5. The number of benzene rings is 3. The number of carbonyl (C=O) groups is 1. The van der Waals surface area contributed by atoms with Crippen LogP contribution in [0.2, 0.25) is 5.02 Å². The second-order valence-electron chi connectivity index (χ2n) is 5.88. The van der Waals surface area contributed by atoms with Crippen molar-refractivity contribution in [2.24, 2.45) is 5.10 Å². The molecule has 0 saturated heterocycles. The average Bonchev–Trinajstić information content (AvgIpc) is 2.70. The van der Waals surface area contributed by atoms with Crippen molar-refractivity contribution in [1.29, 1.82) is 0 Å². The van der Waals surface area contributed by atoms with E-state index in [1.165, 1.54) is 0 Å². The lowest BCUT2D eigenvalue weighted by Crippen LogP contribution is -2.26. The highest BCUT2D eigenvalue weighted by Gasteiger charge is 2.22. The molecule has 0 aliphatic heterocycles. The van der Waals surface area contributed by atoms with Crippen LogP contribution in [0.1, 0.15) is 22.6 Å². The summed E-state index contributed by atoms with van der Waals surface area (Å²) in [5, 5.41) is 4.57. The summed E-state index contributed by atoms with van der Waals surface area (Å²) < 4.78 is 5.13. The SMILES string of the molecule is COc1ccc(/C=N\NC(=O)C(c2ccccc2)c2ccccc2)cc1Cl. The lowest BCUT2D eigenvalue weighted by Gasteiger charge is -2.16. The summed E-state index contributed by atoms with van der Waals surface area (Å²) in [5.74, 6) is -0.0571. The molecule has 1 amide bonds. The van der Waals surface area contributed by atoms with E-state index in [-0.39, 0.29) is 5.91 Å². The van der Waals surface area contributed by atoms with Gasteiger partial charge >= 0.3 is 0 Å². The lowest BCUT2D eigenvalue weighted by atomic mass is 9.91. The molecule has 1 N–H and O–H groups in total. The molecule has 3 aromatic carbocycles. The normalized spacial score (nSPS) is 10.9. The van der Waals surface area contributed by atoms with E-state index in [1.807, 2.05) is 66.7 Å². The molecule has 0 radical (unpaired) electrons. The summed E-state index contributed by atoms with van der Waals surface area (Å²) in [4.78, 5) is 12.8. The first-order valence-electron chi connectivity index (χ1n) is 8.45. The molecule has 0 bridgehead atoms. The predicted octanol–water partition coefficient (Wildman–Crippen LogP) is 4.63. The highest BCUT2D eigenvalue weighted by molar-refractivity contribution is 6.32. The number of nitrogens with one attached hydrogen (secondary N) is 1. The van der Waals surface area contributed by atoms with E-state index in [0.717, 1.165) is 16.7 Å². The third kappa shape index (κ3) is 4.74. The van der Waals surface area contributed by atoms with Crippen LogP contribution < -0.4 is 10.2 Å². The molecule has 0 aliphatic carbocycles. The van der Waals surface area contributed by atoms with Crippen molar-refractivity contribution in [3.63, 3.8) is 0 Å². The number of nitrogens with zero attached hydrogens (tertiary/aromatic N) is 1. The zero-order valence-corrected chi connectivity index (χ0v) is 15.6. The van der Waals surface area contributed by atoms with E-state index < -0.39 is 5.92 Å². The minimum atomic E-state index is -0.441. The Kier molecular flexibility index (Phi) is 6.23. The fourth-order valence-corrected chi connectivity index (χ4v) is 3.05. The molecular formula is C22H19ClN2O2. The van der Waals surface area contributed by atoms with E-state index in [2.05, 4.69) is 10.5 Å². The molecule has 0 unspecified atom stereocenters. The van der Waals surface area contributed by atoms with Crippen molar-refractivity contribution in [2.45, 2.75) is 5.92 Å². The van der Waals surface area contributed by atoms with Crippen molar-refractivity contribution in [1.82, 2.24) is 5.43 Å². The summed E-state index contributed by atoms with van der Waals surface area (Å²) in [6.45, 7) is 0. The maximum absolute atomic E-state index is 12.8. The largest absolute Gasteiger partial charge is 0.495 e. The van der Waals surface area contributed by atoms with E-state index >= 15 is 0 Å². The topological polar surface area (TPSA) is 50.7 Å². The van der Waals surface area contributed by atoms with Crippen LogP contribution in [0.5, 0.6) is 5.75 Å². The van der Waals surface area contributed by atoms with Crippen molar-refractivity contribution in [3.8, 4) is 5.75 Å². The van der Waals surface area contributed by atoms with Crippen LogP contribution in [0.3, 0.4) is 0 Å². The second kappa shape index (κ2) is 9.01. The third-order valence-electron chi connectivity index (χ3n) is 4.09. The van der Waals surface area contributed by atoms with E-state index in [9.17, 15) is 4.79 Å². The zero-order valence-electron chi connectivity index (χ0n) is 14.8. The number of rotatable bonds is 6. The van der Waals surface area contributed by atoms with Gasteiger partial charge in [-0.25, -0.2) is 5.43 Å². The summed E-state index contributed by atoms with van der Waals surface area (Å²) in [5.41, 5.74) is 5.21. The molecule has 0 saturated carbocycles. The first kappa shape index (κ1) is 18.7. The maximum atomic E-state index is 12.8. The van der Waals surface area contributed by atoms with Gasteiger partial charge in [0.2, 0.25) is 0 Å². The Morgan fingerprint density at radius 1 is 1.00 bits per heavy atom. The fraction of sp³-hybridized carbons (Fsp3) is 0.0909. The van der Waals surface area contributed by atoms with Crippen LogP contribution in [-0.2, 0) is 4.79 Å². The van der Waals surface area contributed by atoms with Crippen molar-refractivity contribution in [2.75, 3.05) is 7.11 Å². The van der Waals surface area contributed by atoms with Crippen LogP contribution in [0.15, 0.2) is 84.0 Å². The van der Waals surface area contributed by atoms with Crippen molar-refractivity contribution >= 4 is 23.7 Å². The number of hydrogen-bond donors (Lipinski definition) is 1. The van der Waals surface area contributed by atoms with Gasteiger partial charge in [-0.3, -0.25) is 4.79 Å². The fourth-order valence-electron chi connectivity index (χ4n) is 2.78. The number of carbonyl (C=O) groups excluding carboxylic acids is 1. The summed E-state index contributed by atoms with van der Waals surface area (Å²) >= 11 is 6.11. The van der Waals surface area contributed by atoms with Gasteiger partial charge in [-0.15, -0.1) is 0 Å². The monoisotopic (exact) mass is 378 g/mol. The van der Waals surface area contributed by atoms with Crippen LogP contribution in [-0.4, -0.2) is 19.2 Å². The van der Waals surface area contributed by atoms with E-state index in [0.29, 0.717) is 10.8 Å². The Bertz CT molecular complexity index is 888. The van der Waals surface area contributed by atoms with Gasteiger partial charge in [0, 0.05) is 0 Å². The van der Waals surface area contributed by atoms with Gasteiger partial charge in [-0.05, 0) is 34.9 Å². The lowest BCUT2D eigenvalue weighted by molar-refractivity contribution is -0.121. The molecule has 3 aromatic rings. The van der Waals surface area contributed by atoms with Gasteiger partial charge in [0.15, 0.2) is 0 Å². The summed E-state index contributed by atoms with van der Waals surface area (Å²) in [6.07, 6.45) is 1.55. The molecule has 4 nitrogen and oxygen atoms in total. The van der Waals surface area contributed by atoms with Gasteiger partial charge in [-0.1, -0.05) is 72.3 Å². The molecular weight excluding hydrogens is 360 g/mol. The Balaban J connectivity index is 1.78. The summed E-state index contributed by atoms with van der Waals surface area (Å²) in [7, 11) is 1.56. The standard InChI is InChI=1S/C22H19ClN2O2/c1-27-20-13-12-16(14-19(20)23)15-24-25-22(26)21(17-8-4-2-5-9-17)18-10-6-3-7-11-18/h2-15,21H,1H3,(H,25,26)/b24-15-. The Labute approximate surface area is 163 Å².